The van der Waals surface area contributed by atoms with Gasteiger partial charge in [0.1, 0.15) is 0 Å². The number of piperidine rings is 1. The zero-order chi connectivity index (χ0) is 17.0. The topological polar surface area (TPSA) is 58.2 Å². The fourth-order valence-electron chi connectivity index (χ4n) is 2.80. The molecule has 2 rings (SSSR count). The van der Waals surface area contributed by atoms with Crippen LogP contribution in [0.2, 0.25) is 0 Å². The van der Waals surface area contributed by atoms with E-state index in [4.69, 9.17) is 0 Å². The second kappa shape index (κ2) is 7.68. The van der Waals surface area contributed by atoms with Crippen LogP contribution in [0, 0.1) is 17.6 Å². The van der Waals surface area contributed by atoms with Crippen LogP contribution in [0.25, 0.3) is 0 Å². The second-order valence-corrected chi connectivity index (χ2v) is 8.37. The Morgan fingerprint density at radius 3 is 2.70 bits per heavy atom. The molecule has 1 aliphatic rings. The molecule has 7 heteroatoms. The molecule has 2 atom stereocenters. The lowest BCUT2D eigenvalue weighted by molar-refractivity contribution is 0.375. The van der Waals surface area contributed by atoms with Crippen LogP contribution in [-0.4, -0.2) is 33.3 Å². The van der Waals surface area contributed by atoms with Crippen LogP contribution < -0.4 is 10.0 Å². The minimum Gasteiger partial charge on any atom is -0.315 e. The first-order chi connectivity index (χ1) is 10.8. The molecule has 2 unspecified atom stereocenters. The molecule has 23 heavy (non-hydrogen) atoms. The summed E-state index contributed by atoms with van der Waals surface area (Å²) in [5.74, 6) is -1.58. The molecular weight excluding hydrogens is 322 g/mol. The quantitative estimate of drug-likeness (QED) is 0.831. The minimum atomic E-state index is -3.39. The third-order valence-electron chi connectivity index (χ3n) is 4.15. The summed E-state index contributed by atoms with van der Waals surface area (Å²) >= 11 is 0. The van der Waals surface area contributed by atoms with E-state index in [1.807, 2.05) is 13.8 Å². The summed E-state index contributed by atoms with van der Waals surface area (Å²) in [4.78, 5) is 0. The Labute approximate surface area is 136 Å². The van der Waals surface area contributed by atoms with Crippen molar-refractivity contribution in [2.24, 2.45) is 5.92 Å². The molecule has 1 aliphatic heterocycles. The summed E-state index contributed by atoms with van der Waals surface area (Å²) in [6, 6.07) is 3.44. The van der Waals surface area contributed by atoms with Crippen molar-refractivity contribution in [2.45, 2.75) is 38.6 Å². The van der Waals surface area contributed by atoms with Gasteiger partial charge in [0.15, 0.2) is 11.6 Å². The molecule has 0 aromatic heterocycles. The minimum absolute atomic E-state index is 0.0751. The zero-order valence-corrected chi connectivity index (χ0v) is 14.3. The van der Waals surface area contributed by atoms with Crippen molar-refractivity contribution in [3.05, 3.63) is 35.4 Å². The molecule has 1 aromatic rings. The van der Waals surface area contributed by atoms with Gasteiger partial charge in [0.05, 0.1) is 5.75 Å². The molecule has 0 aliphatic carbocycles. The van der Waals surface area contributed by atoms with Gasteiger partial charge in [0.2, 0.25) is 10.0 Å². The highest BCUT2D eigenvalue weighted by Crippen LogP contribution is 2.27. The lowest BCUT2D eigenvalue weighted by Crippen LogP contribution is -2.50. The van der Waals surface area contributed by atoms with Crippen molar-refractivity contribution < 1.29 is 17.2 Å². The molecule has 0 spiro atoms. The third-order valence-corrected chi connectivity index (χ3v) is 5.58. The van der Waals surface area contributed by atoms with Gasteiger partial charge in [-0.1, -0.05) is 19.9 Å². The first-order valence-electron chi connectivity index (χ1n) is 7.94. The number of hydrogen-bond donors (Lipinski definition) is 2. The molecule has 1 fully saturated rings. The monoisotopic (exact) mass is 346 g/mol. The van der Waals surface area contributed by atoms with Crippen molar-refractivity contribution in [3.63, 3.8) is 0 Å². The summed E-state index contributed by atoms with van der Waals surface area (Å²) in [6.45, 7) is 5.14. The predicted octanol–water partition coefficient (Wildman–Crippen LogP) is 2.38. The van der Waals surface area contributed by atoms with Crippen LogP contribution in [-0.2, 0) is 10.0 Å². The Morgan fingerprint density at radius 1 is 1.30 bits per heavy atom. The van der Waals surface area contributed by atoms with Gasteiger partial charge in [0, 0.05) is 18.5 Å². The highest BCUT2D eigenvalue weighted by Gasteiger charge is 2.30. The number of benzene rings is 1. The Hall–Kier alpha value is -1.05. The largest absolute Gasteiger partial charge is 0.315 e. The van der Waals surface area contributed by atoms with E-state index in [0.29, 0.717) is 37.4 Å². The highest BCUT2D eigenvalue weighted by molar-refractivity contribution is 7.89. The fraction of sp³-hybridized carbons (Fsp3) is 0.625. The van der Waals surface area contributed by atoms with Crippen LogP contribution in [0.1, 0.15) is 38.2 Å². The van der Waals surface area contributed by atoms with Gasteiger partial charge in [0.25, 0.3) is 0 Å². The maximum Gasteiger partial charge on any atom is 0.211 e. The standard InChI is InChI=1S/C16H24F2N2O2S/c1-11(2)6-8-23(21,22)20-16-10-19-7-5-13(16)12-3-4-14(17)15(18)9-12/h3-4,9,11,13,16,19-20H,5-8,10H2,1-2H3. The van der Waals surface area contributed by atoms with E-state index < -0.39 is 21.7 Å². The van der Waals surface area contributed by atoms with Crippen molar-refractivity contribution in [3.8, 4) is 0 Å². The Balaban J connectivity index is 2.13. The van der Waals surface area contributed by atoms with Crippen molar-refractivity contribution >= 4 is 10.0 Å². The van der Waals surface area contributed by atoms with Crippen molar-refractivity contribution in [1.82, 2.24) is 10.0 Å². The molecule has 4 nitrogen and oxygen atoms in total. The van der Waals surface area contributed by atoms with Gasteiger partial charge < -0.3 is 5.32 Å². The average Bonchev–Trinajstić information content (AvgIpc) is 2.48. The van der Waals surface area contributed by atoms with Gasteiger partial charge in [-0.2, -0.15) is 0 Å². The molecule has 0 bridgehead atoms. The molecule has 0 amide bonds. The lowest BCUT2D eigenvalue weighted by Gasteiger charge is -2.33. The van der Waals surface area contributed by atoms with E-state index in [1.165, 1.54) is 12.1 Å². The summed E-state index contributed by atoms with van der Waals surface area (Å²) in [5.41, 5.74) is 0.627. The SMILES string of the molecule is CC(C)CCS(=O)(=O)NC1CNCCC1c1ccc(F)c(F)c1. The van der Waals surface area contributed by atoms with E-state index in [0.717, 1.165) is 6.07 Å². The Bertz CT molecular complexity index is 635. The van der Waals surface area contributed by atoms with Gasteiger partial charge in [-0.3, -0.25) is 0 Å². The molecule has 2 N–H and O–H groups in total. The highest BCUT2D eigenvalue weighted by atomic mass is 32.2. The van der Waals surface area contributed by atoms with Crippen LogP contribution in [0.3, 0.4) is 0 Å². The zero-order valence-electron chi connectivity index (χ0n) is 13.5. The van der Waals surface area contributed by atoms with Crippen LogP contribution in [0.5, 0.6) is 0 Å². The normalized spacial score (nSPS) is 22.5. The maximum absolute atomic E-state index is 13.5. The summed E-state index contributed by atoms with van der Waals surface area (Å²) in [6.07, 6.45) is 1.26. The predicted molar refractivity (Wildman–Crippen MR) is 86.8 cm³/mol. The molecule has 130 valence electrons. The summed E-state index contributed by atoms with van der Waals surface area (Å²) < 4.78 is 53.8. The van der Waals surface area contributed by atoms with E-state index in [9.17, 15) is 17.2 Å². The number of rotatable bonds is 6. The maximum atomic E-state index is 13.5. The van der Waals surface area contributed by atoms with E-state index in [2.05, 4.69) is 10.0 Å². The fourth-order valence-corrected chi connectivity index (χ4v) is 4.41. The second-order valence-electron chi connectivity index (χ2n) is 6.50. The van der Waals surface area contributed by atoms with Crippen LogP contribution >= 0.6 is 0 Å². The van der Waals surface area contributed by atoms with Crippen LogP contribution in [0.15, 0.2) is 18.2 Å². The lowest BCUT2D eigenvalue weighted by atomic mass is 9.86. The van der Waals surface area contributed by atoms with Gasteiger partial charge >= 0.3 is 0 Å². The summed E-state index contributed by atoms with van der Waals surface area (Å²) in [5, 5.41) is 3.15. The summed E-state index contributed by atoms with van der Waals surface area (Å²) in [7, 11) is -3.39. The molecular formula is C16H24F2N2O2S. The van der Waals surface area contributed by atoms with Gasteiger partial charge in [-0.25, -0.2) is 21.9 Å². The first-order valence-corrected chi connectivity index (χ1v) is 9.59. The number of nitrogens with one attached hydrogen (secondary N) is 2. The average molecular weight is 346 g/mol. The third kappa shape index (κ3) is 5.22. The van der Waals surface area contributed by atoms with E-state index in [1.54, 1.807) is 0 Å². The van der Waals surface area contributed by atoms with Gasteiger partial charge in [-0.15, -0.1) is 0 Å². The number of hydrogen-bond acceptors (Lipinski definition) is 3. The van der Waals surface area contributed by atoms with Crippen molar-refractivity contribution in [1.29, 1.82) is 0 Å². The molecule has 0 radical (unpaired) electrons. The van der Waals surface area contributed by atoms with E-state index >= 15 is 0 Å². The molecule has 1 saturated heterocycles. The molecule has 1 heterocycles. The van der Waals surface area contributed by atoms with E-state index in [-0.39, 0.29) is 17.7 Å². The van der Waals surface area contributed by atoms with Crippen LogP contribution in [0.4, 0.5) is 8.78 Å². The number of sulfonamides is 1. The number of halogens is 2. The van der Waals surface area contributed by atoms with Crippen molar-refractivity contribution in [2.75, 3.05) is 18.8 Å². The molecule has 1 aromatic carbocycles. The smallest absolute Gasteiger partial charge is 0.211 e. The molecule has 0 saturated carbocycles. The Kier molecular flexibility index (Phi) is 6.11. The Morgan fingerprint density at radius 2 is 2.04 bits per heavy atom. The first kappa shape index (κ1) is 18.3. The van der Waals surface area contributed by atoms with Gasteiger partial charge in [-0.05, 0) is 43.0 Å².